The van der Waals surface area contributed by atoms with Gasteiger partial charge < -0.3 is 14.8 Å². The lowest BCUT2D eigenvalue weighted by Crippen LogP contribution is -2.17. The van der Waals surface area contributed by atoms with E-state index in [1.165, 1.54) is 11.3 Å². The second-order valence-corrected chi connectivity index (χ2v) is 6.47. The Labute approximate surface area is 158 Å². The van der Waals surface area contributed by atoms with E-state index in [-0.39, 0.29) is 19.1 Å². The zero-order valence-corrected chi connectivity index (χ0v) is 14.9. The SMILES string of the molecule is O=C(Nc1cc(-c2cccnc2)nn1CCO)c1csc(-c2ccoc2)n1. The number of nitrogens with zero attached hydrogens (tertiary/aromatic N) is 4. The standard InChI is InChI=1S/C18H15N5O3S/c24-6-5-23-16(8-14(22-23)12-2-1-4-19-9-12)21-17(25)15-11-27-18(20-15)13-3-7-26-10-13/h1-4,7-11,24H,5-6H2,(H,21,25). The van der Waals surface area contributed by atoms with Gasteiger partial charge >= 0.3 is 0 Å². The van der Waals surface area contributed by atoms with Gasteiger partial charge in [-0.05, 0) is 18.2 Å². The summed E-state index contributed by atoms with van der Waals surface area (Å²) >= 11 is 1.36. The maximum Gasteiger partial charge on any atom is 0.276 e. The van der Waals surface area contributed by atoms with Crippen molar-refractivity contribution in [1.82, 2.24) is 19.7 Å². The van der Waals surface area contributed by atoms with Crippen LogP contribution in [0.2, 0.25) is 0 Å². The van der Waals surface area contributed by atoms with Crippen LogP contribution in [0.25, 0.3) is 21.8 Å². The van der Waals surface area contributed by atoms with Gasteiger partial charge in [-0.2, -0.15) is 5.10 Å². The molecule has 0 bridgehead atoms. The normalized spacial score (nSPS) is 10.9. The molecule has 27 heavy (non-hydrogen) atoms. The number of carbonyl (C=O) groups excluding carboxylic acids is 1. The van der Waals surface area contributed by atoms with Crippen molar-refractivity contribution in [2.75, 3.05) is 11.9 Å². The van der Waals surface area contributed by atoms with E-state index in [9.17, 15) is 9.90 Å². The van der Waals surface area contributed by atoms with Crippen LogP contribution in [-0.4, -0.2) is 37.4 Å². The first-order valence-electron chi connectivity index (χ1n) is 8.13. The lowest BCUT2D eigenvalue weighted by molar-refractivity contribution is 0.102. The maximum atomic E-state index is 12.6. The largest absolute Gasteiger partial charge is 0.472 e. The topological polar surface area (TPSA) is 106 Å². The number of aliphatic hydroxyl groups is 1. The first-order chi connectivity index (χ1) is 13.2. The van der Waals surface area contributed by atoms with Gasteiger partial charge in [-0.25, -0.2) is 9.67 Å². The summed E-state index contributed by atoms with van der Waals surface area (Å²) in [6.45, 7) is 0.158. The number of rotatable bonds is 6. The number of hydrogen-bond donors (Lipinski definition) is 2. The van der Waals surface area contributed by atoms with E-state index in [2.05, 4.69) is 20.4 Å². The Morgan fingerprint density at radius 3 is 3.00 bits per heavy atom. The van der Waals surface area contributed by atoms with E-state index in [1.807, 2.05) is 12.1 Å². The summed E-state index contributed by atoms with van der Waals surface area (Å²) in [6, 6.07) is 7.22. The van der Waals surface area contributed by atoms with Crippen molar-refractivity contribution >= 4 is 23.1 Å². The minimum absolute atomic E-state index is 0.0988. The number of aromatic nitrogens is 4. The van der Waals surface area contributed by atoms with E-state index >= 15 is 0 Å². The summed E-state index contributed by atoms with van der Waals surface area (Å²) in [5.41, 5.74) is 2.60. The first-order valence-corrected chi connectivity index (χ1v) is 9.01. The third-order valence-electron chi connectivity index (χ3n) is 3.80. The van der Waals surface area contributed by atoms with Crippen molar-refractivity contribution < 1.29 is 14.3 Å². The van der Waals surface area contributed by atoms with Crippen LogP contribution in [0.5, 0.6) is 0 Å². The van der Waals surface area contributed by atoms with Crippen molar-refractivity contribution in [2.45, 2.75) is 6.54 Å². The van der Waals surface area contributed by atoms with E-state index in [1.54, 1.807) is 47.1 Å². The number of aliphatic hydroxyl groups excluding tert-OH is 1. The van der Waals surface area contributed by atoms with Crippen LogP contribution >= 0.6 is 11.3 Å². The van der Waals surface area contributed by atoms with Gasteiger partial charge in [-0.3, -0.25) is 9.78 Å². The predicted octanol–water partition coefficient (Wildman–Crippen LogP) is 2.91. The molecule has 0 aliphatic carbocycles. The minimum Gasteiger partial charge on any atom is -0.472 e. The van der Waals surface area contributed by atoms with Gasteiger partial charge in [0, 0.05) is 35.0 Å². The highest BCUT2D eigenvalue weighted by Crippen LogP contribution is 2.25. The van der Waals surface area contributed by atoms with Gasteiger partial charge in [-0.15, -0.1) is 11.3 Å². The van der Waals surface area contributed by atoms with Crippen molar-refractivity contribution in [3.05, 3.63) is 60.3 Å². The van der Waals surface area contributed by atoms with Gasteiger partial charge in [0.2, 0.25) is 0 Å². The summed E-state index contributed by atoms with van der Waals surface area (Å²) in [7, 11) is 0. The maximum absolute atomic E-state index is 12.6. The zero-order chi connectivity index (χ0) is 18.6. The second kappa shape index (κ2) is 7.52. The summed E-state index contributed by atoms with van der Waals surface area (Å²) in [6.07, 6.45) is 6.51. The van der Waals surface area contributed by atoms with Crippen LogP contribution in [0.1, 0.15) is 10.5 Å². The van der Waals surface area contributed by atoms with Crippen molar-refractivity contribution in [3.63, 3.8) is 0 Å². The third kappa shape index (κ3) is 3.64. The fourth-order valence-corrected chi connectivity index (χ4v) is 3.30. The average Bonchev–Trinajstić information content (AvgIpc) is 3.44. The summed E-state index contributed by atoms with van der Waals surface area (Å²) in [5, 5.41) is 18.9. The Kier molecular flexibility index (Phi) is 4.77. The molecule has 0 radical (unpaired) electrons. The van der Waals surface area contributed by atoms with E-state index in [0.29, 0.717) is 22.2 Å². The molecule has 0 aliphatic rings. The smallest absolute Gasteiger partial charge is 0.276 e. The molecule has 2 N–H and O–H groups in total. The highest BCUT2D eigenvalue weighted by Gasteiger charge is 2.16. The Morgan fingerprint density at radius 1 is 1.33 bits per heavy atom. The molecule has 0 spiro atoms. The molecule has 9 heteroatoms. The van der Waals surface area contributed by atoms with Gasteiger partial charge in [0.15, 0.2) is 0 Å². The molecule has 4 aromatic rings. The molecular formula is C18H15N5O3S. The molecule has 0 fully saturated rings. The number of amides is 1. The first kappa shape index (κ1) is 17.1. The van der Waals surface area contributed by atoms with Crippen molar-refractivity contribution in [1.29, 1.82) is 0 Å². The highest BCUT2D eigenvalue weighted by atomic mass is 32.1. The molecule has 4 rings (SSSR count). The molecule has 0 atom stereocenters. The van der Waals surface area contributed by atoms with E-state index in [4.69, 9.17) is 4.42 Å². The van der Waals surface area contributed by atoms with Crippen LogP contribution < -0.4 is 5.32 Å². The van der Waals surface area contributed by atoms with Crippen LogP contribution in [0, 0.1) is 0 Å². The van der Waals surface area contributed by atoms with Crippen molar-refractivity contribution in [2.24, 2.45) is 0 Å². The molecule has 0 unspecified atom stereocenters. The molecule has 0 aliphatic heterocycles. The van der Waals surface area contributed by atoms with E-state index in [0.717, 1.165) is 11.1 Å². The lowest BCUT2D eigenvalue weighted by Gasteiger charge is -2.06. The zero-order valence-electron chi connectivity index (χ0n) is 14.1. The van der Waals surface area contributed by atoms with Crippen LogP contribution in [0.3, 0.4) is 0 Å². The highest BCUT2D eigenvalue weighted by molar-refractivity contribution is 7.13. The predicted molar refractivity (Wildman–Crippen MR) is 100 cm³/mol. The second-order valence-electron chi connectivity index (χ2n) is 5.61. The Bertz CT molecular complexity index is 1040. The molecule has 1 amide bonds. The Hall–Kier alpha value is -3.30. The molecule has 0 aromatic carbocycles. The van der Waals surface area contributed by atoms with Crippen LogP contribution in [0.15, 0.2) is 59.0 Å². The number of anilines is 1. The van der Waals surface area contributed by atoms with Crippen LogP contribution in [-0.2, 0) is 6.54 Å². The molecule has 0 saturated carbocycles. The fourth-order valence-electron chi connectivity index (χ4n) is 2.52. The average molecular weight is 381 g/mol. The summed E-state index contributed by atoms with van der Waals surface area (Å²) in [4.78, 5) is 21.0. The molecule has 0 saturated heterocycles. The Morgan fingerprint density at radius 2 is 2.26 bits per heavy atom. The number of pyridine rings is 1. The minimum atomic E-state index is -0.349. The number of thiazole rings is 1. The van der Waals surface area contributed by atoms with E-state index < -0.39 is 0 Å². The van der Waals surface area contributed by atoms with Crippen LogP contribution in [0.4, 0.5) is 5.82 Å². The molecule has 4 aromatic heterocycles. The Balaban J connectivity index is 1.58. The van der Waals surface area contributed by atoms with Gasteiger partial charge in [0.1, 0.15) is 22.8 Å². The quantitative estimate of drug-likeness (QED) is 0.532. The lowest BCUT2D eigenvalue weighted by atomic mass is 10.2. The number of nitrogens with one attached hydrogen (secondary N) is 1. The number of furan rings is 1. The fraction of sp³-hybridized carbons (Fsp3) is 0.111. The van der Waals surface area contributed by atoms with Crippen molar-refractivity contribution in [3.8, 4) is 21.8 Å². The molecule has 8 nitrogen and oxygen atoms in total. The van der Waals surface area contributed by atoms with Gasteiger partial charge in [0.25, 0.3) is 5.91 Å². The number of hydrogen-bond acceptors (Lipinski definition) is 7. The molecular weight excluding hydrogens is 366 g/mol. The summed E-state index contributed by atoms with van der Waals surface area (Å²) in [5.74, 6) is 0.128. The van der Waals surface area contributed by atoms with Gasteiger partial charge in [0.05, 0.1) is 25.1 Å². The molecule has 136 valence electrons. The summed E-state index contributed by atoms with van der Waals surface area (Å²) < 4.78 is 6.59. The third-order valence-corrected chi connectivity index (χ3v) is 4.69. The van der Waals surface area contributed by atoms with Gasteiger partial charge in [-0.1, -0.05) is 0 Å². The number of carbonyl (C=O) groups is 1. The monoisotopic (exact) mass is 381 g/mol. The molecule has 4 heterocycles.